The minimum Gasteiger partial charge on any atom is -0.481 e. The van der Waals surface area contributed by atoms with Crippen LogP contribution in [0, 0.1) is 6.92 Å². The van der Waals surface area contributed by atoms with E-state index in [1.807, 2.05) is 14.0 Å². The van der Waals surface area contributed by atoms with Gasteiger partial charge in [-0.3, -0.25) is 9.48 Å². The molecule has 0 bridgehead atoms. The van der Waals surface area contributed by atoms with E-state index in [-0.39, 0.29) is 5.75 Å². The lowest BCUT2D eigenvalue weighted by atomic mass is 10.2. The summed E-state index contributed by atoms with van der Waals surface area (Å²) in [6.45, 7) is 1.93. The van der Waals surface area contributed by atoms with E-state index in [1.54, 1.807) is 10.9 Å². The van der Waals surface area contributed by atoms with Gasteiger partial charge in [-0.05, 0) is 6.92 Å². The molecular weight excluding hydrogens is 242 g/mol. The Labute approximate surface area is 101 Å². The first-order chi connectivity index (χ1) is 8.08. The van der Waals surface area contributed by atoms with Crippen molar-refractivity contribution in [2.75, 3.05) is 5.75 Å². The summed E-state index contributed by atoms with van der Waals surface area (Å²) in [6, 6.07) is 0. The molecule has 0 spiro atoms. The molecular formula is C9H11N5O2S. The van der Waals surface area contributed by atoms with Crippen LogP contribution in [0.5, 0.6) is 0 Å². The van der Waals surface area contributed by atoms with Crippen LogP contribution < -0.4 is 0 Å². The summed E-state index contributed by atoms with van der Waals surface area (Å²) >= 11 is 1.10. The SMILES string of the molecule is Cc1c(-c2nnc(SCC(=O)O)[nH]2)cnn1C. The Morgan fingerprint density at radius 3 is 2.94 bits per heavy atom. The molecule has 0 amide bonds. The summed E-state index contributed by atoms with van der Waals surface area (Å²) in [6.07, 6.45) is 1.70. The molecule has 0 radical (unpaired) electrons. The number of aryl methyl sites for hydroxylation is 1. The molecule has 0 fully saturated rings. The van der Waals surface area contributed by atoms with E-state index < -0.39 is 5.97 Å². The van der Waals surface area contributed by atoms with Crippen molar-refractivity contribution in [3.05, 3.63) is 11.9 Å². The summed E-state index contributed by atoms with van der Waals surface area (Å²) in [7, 11) is 1.84. The summed E-state index contributed by atoms with van der Waals surface area (Å²) in [5, 5.41) is 21.0. The number of aliphatic carboxylic acids is 1. The lowest BCUT2D eigenvalue weighted by Crippen LogP contribution is -1.97. The normalized spacial score (nSPS) is 10.7. The Bertz CT molecular complexity index is 547. The van der Waals surface area contributed by atoms with Crippen LogP contribution in [0.25, 0.3) is 11.4 Å². The molecule has 2 heterocycles. The number of nitrogens with one attached hydrogen (secondary N) is 1. The number of carbonyl (C=O) groups is 1. The van der Waals surface area contributed by atoms with Crippen LogP contribution in [-0.2, 0) is 11.8 Å². The van der Waals surface area contributed by atoms with Crippen LogP contribution in [0.3, 0.4) is 0 Å². The predicted molar refractivity (Wildman–Crippen MR) is 61.7 cm³/mol. The van der Waals surface area contributed by atoms with E-state index in [9.17, 15) is 4.79 Å². The number of rotatable bonds is 4. The van der Waals surface area contributed by atoms with Gasteiger partial charge in [0.15, 0.2) is 11.0 Å². The highest BCUT2D eigenvalue weighted by Crippen LogP contribution is 2.21. The topological polar surface area (TPSA) is 96.7 Å². The Kier molecular flexibility index (Phi) is 3.14. The van der Waals surface area contributed by atoms with Gasteiger partial charge in [0, 0.05) is 12.7 Å². The maximum Gasteiger partial charge on any atom is 0.313 e. The zero-order valence-electron chi connectivity index (χ0n) is 9.34. The van der Waals surface area contributed by atoms with Gasteiger partial charge >= 0.3 is 5.97 Å². The Morgan fingerprint density at radius 2 is 2.35 bits per heavy atom. The van der Waals surface area contributed by atoms with Crippen LogP contribution in [-0.4, -0.2) is 41.8 Å². The summed E-state index contributed by atoms with van der Waals surface area (Å²) < 4.78 is 1.74. The van der Waals surface area contributed by atoms with Crippen LogP contribution >= 0.6 is 11.8 Å². The van der Waals surface area contributed by atoms with E-state index >= 15 is 0 Å². The minimum absolute atomic E-state index is 0.0410. The average Bonchev–Trinajstić information content (AvgIpc) is 2.85. The van der Waals surface area contributed by atoms with E-state index in [0.29, 0.717) is 11.0 Å². The van der Waals surface area contributed by atoms with Gasteiger partial charge in [-0.2, -0.15) is 5.10 Å². The molecule has 90 valence electrons. The van der Waals surface area contributed by atoms with Gasteiger partial charge in [0.05, 0.1) is 17.5 Å². The van der Waals surface area contributed by atoms with Gasteiger partial charge in [0.1, 0.15) is 0 Å². The van der Waals surface area contributed by atoms with E-state index in [1.165, 1.54) is 0 Å². The molecule has 8 heteroatoms. The smallest absolute Gasteiger partial charge is 0.313 e. The lowest BCUT2D eigenvalue weighted by Gasteiger charge is -1.95. The number of thioether (sulfide) groups is 1. The summed E-state index contributed by atoms with van der Waals surface area (Å²) in [5.74, 6) is -0.324. The van der Waals surface area contributed by atoms with Crippen molar-refractivity contribution in [1.29, 1.82) is 0 Å². The molecule has 0 saturated heterocycles. The highest BCUT2D eigenvalue weighted by molar-refractivity contribution is 7.99. The first kappa shape index (κ1) is 11.6. The Morgan fingerprint density at radius 1 is 1.59 bits per heavy atom. The van der Waals surface area contributed by atoms with Gasteiger partial charge in [-0.25, -0.2) is 0 Å². The van der Waals surface area contributed by atoms with E-state index in [2.05, 4.69) is 20.3 Å². The number of carboxylic acids is 1. The molecule has 0 unspecified atom stereocenters. The quantitative estimate of drug-likeness (QED) is 0.778. The largest absolute Gasteiger partial charge is 0.481 e. The second-order valence-electron chi connectivity index (χ2n) is 3.43. The van der Waals surface area contributed by atoms with Crippen molar-refractivity contribution >= 4 is 17.7 Å². The number of carboxylic acid groups (broad SMARTS) is 1. The van der Waals surface area contributed by atoms with Crippen molar-refractivity contribution in [3.8, 4) is 11.4 Å². The van der Waals surface area contributed by atoms with Crippen molar-refractivity contribution < 1.29 is 9.90 Å². The van der Waals surface area contributed by atoms with Gasteiger partial charge in [0.25, 0.3) is 0 Å². The number of hydrogen-bond donors (Lipinski definition) is 2. The molecule has 17 heavy (non-hydrogen) atoms. The van der Waals surface area contributed by atoms with Gasteiger partial charge in [-0.1, -0.05) is 11.8 Å². The second-order valence-corrected chi connectivity index (χ2v) is 4.39. The van der Waals surface area contributed by atoms with Gasteiger partial charge in [-0.15, -0.1) is 10.2 Å². The van der Waals surface area contributed by atoms with Crippen molar-refractivity contribution in [2.45, 2.75) is 12.1 Å². The number of nitrogens with zero attached hydrogens (tertiary/aromatic N) is 4. The molecule has 0 saturated carbocycles. The third-order valence-corrected chi connectivity index (χ3v) is 3.14. The fourth-order valence-corrected chi connectivity index (χ4v) is 1.82. The minimum atomic E-state index is -0.884. The standard InChI is InChI=1S/C9H11N5O2S/c1-5-6(3-10-14(5)2)8-11-9(13-12-8)17-4-7(15)16/h3H,4H2,1-2H3,(H,15,16)(H,11,12,13). The van der Waals surface area contributed by atoms with Gasteiger partial charge < -0.3 is 10.1 Å². The maximum absolute atomic E-state index is 10.4. The van der Waals surface area contributed by atoms with Crippen LogP contribution in [0.4, 0.5) is 0 Å². The highest BCUT2D eigenvalue weighted by Gasteiger charge is 2.12. The highest BCUT2D eigenvalue weighted by atomic mass is 32.2. The van der Waals surface area contributed by atoms with Gasteiger partial charge in [0.2, 0.25) is 0 Å². The lowest BCUT2D eigenvalue weighted by molar-refractivity contribution is -0.133. The van der Waals surface area contributed by atoms with Crippen molar-refractivity contribution in [3.63, 3.8) is 0 Å². The first-order valence-electron chi connectivity index (χ1n) is 4.84. The average molecular weight is 253 g/mol. The molecule has 2 N–H and O–H groups in total. The molecule has 2 aromatic heterocycles. The molecule has 0 aliphatic rings. The van der Waals surface area contributed by atoms with E-state index in [0.717, 1.165) is 23.0 Å². The van der Waals surface area contributed by atoms with Crippen LogP contribution in [0.2, 0.25) is 0 Å². The number of aromatic nitrogens is 5. The zero-order valence-corrected chi connectivity index (χ0v) is 10.2. The zero-order chi connectivity index (χ0) is 12.4. The maximum atomic E-state index is 10.4. The Hall–Kier alpha value is -1.83. The fourth-order valence-electron chi connectivity index (χ4n) is 1.29. The van der Waals surface area contributed by atoms with Crippen LogP contribution in [0.1, 0.15) is 5.69 Å². The van der Waals surface area contributed by atoms with Crippen molar-refractivity contribution in [2.24, 2.45) is 7.05 Å². The van der Waals surface area contributed by atoms with Crippen molar-refractivity contribution in [1.82, 2.24) is 25.0 Å². The third kappa shape index (κ3) is 2.47. The van der Waals surface area contributed by atoms with E-state index in [4.69, 9.17) is 5.11 Å². The predicted octanol–water partition coefficient (Wildman–Crippen LogP) is 0.690. The first-order valence-corrected chi connectivity index (χ1v) is 5.82. The third-order valence-electron chi connectivity index (χ3n) is 2.29. The Balaban J connectivity index is 2.18. The summed E-state index contributed by atoms with van der Waals surface area (Å²) in [4.78, 5) is 13.4. The molecule has 0 aliphatic heterocycles. The number of H-pyrrole nitrogens is 1. The monoisotopic (exact) mass is 253 g/mol. The molecule has 2 rings (SSSR count). The molecule has 0 aliphatic carbocycles. The fraction of sp³-hybridized carbons (Fsp3) is 0.333. The summed E-state index contributed by atoms with van der Waals surface area (Å²) in [5.41, 5.74) is 1.83. The molecule has 2 aromatic rings. The molecule has 0 atom stereocenters. The number of aromatic amines is 1. The number of hydrogen-bond acceptors (Lipinski definition) is 5. The van der Waals surface area contributed by atoms with Crippen LogP contribution in [0.15, 0.2) is 11.4 Å². The second kappa shape index (κ2) is 4.58. The molecule has 0 aromatic carbocycles. The molecule has 7 nitrogen and oxygen atoms in total.